The van der Waals surface area contributed by atoms with E-state index in [0.717, 1.165) is 16.7 Å². The van der Waals surface area contributed by atoms with Crippen molar-refractivity contribution >= 4 is 21.9 Å². The van der Waals surface area contributed by atoms with E-state index in [9.17, 15) is 4.79 Å². The second-order valence-corrected chi connectivity index (χ2v) is 8.33. The largest absolute Gasteiger partial charge is 0.468 e. The van der Waals surface area contributed by atoms with Crippen LogP contribution in [0.5, 0.6) is 0 Å². The number of aromatic nitrogens is 2. The monoisotopic (exact) mass is 492 g/mol. The van der Waals surface area contributed by atoms with E-state index in [4.69, 9.17) is 0 Å². The zero-order chi connectivity index (χ0) is 22.6. The molecule has 6 heteroatoms. The van der Waals surface area contributed by atoms with Crippen LogP contribution in [0.25, 0.3) is 0 Å². The lowest BCUT2D eigenvalue weighted by Crippen LogP contribution is -2.37. The van der Waals surface area contributed by atoms with E-state index >= 15 is 4.39 Å². The predicted molar refractivity (Wildman–Crippen MR) is 125 cm³/mol. The van der Waals surface area contributed by atoms with Gasteiger partial charge in [-0.2, -0.15) is 0 Å². The molecule has 0 aliphatic heterocycles. The Morgan fingerprint density at radius 1 is 0.906 bits per heavy atom. The van der Waals surface area contributed by atoms with Gasteiger partial charge in [0.15, 0.2) is 6.17 Å². The van der Waals surface area contributed by atoms with Crippen molar-refractivity contribution in [3.05, 3.63) is 126 Å². The summed E-state index contributed by atoms with van der Waals surface area (Å²) < 4.78 is 21.7. The first-order valence-electron chi connectivity index (χ1n) is 10.2. The molecule has 0 N–H and O–H groups in total. The number of hydrogen-bond acceptors (Lipinski definition) is 3. The fraction of sp³-hybridized carbons (Fsp3) is 0.154. The van der Waals surface area contributed by atoms with Gasteiger partial charge < -0.3 is 9.30 Å². The molecule has 0 spiro atoms. The average Bonchev–Trinajstić information content (AvgIpc) is 3.35. The predicted octanol–water partition coefficient (Wildman–Crippen LogP) is 5.67. The van der Waals surface area contributed by atoms with Gasteiger partial charge in [-0.05, 0) is 16.7 Å². The van der Waals surface area contributed by atoms with Crippen molar-refractivity contribution in [2.24, 2.45) is 0 Å². The Labute approximate surface area is 194 Å². The van der Waals surface area contributed by atoms with Gasteiger partial charge in [-0.1, -0.05) is 107 Å². The van der Waals surface area contributed by atoms with Gasteiger partial charge in [0.25, 0.3) is 0 Å². The number of benzene rings is 3. The molecule has 4 nitrogen and oxygen atoms in total. The number of halogens is 2. The molecule has 162 valence electrons. The van der Waals surface area contributed by atoms with Gasteiger partial charge in [-0.3, -0.25) is 4.79 Å². The summed E-state index contributed by atoms with van der Waals surface area (Å²) in [4.78, 5) is 15.1. The van der Waals surface area contributed by atoms with Gasteiger partial charge in [-0.25, -0.2) is 9.37 Å². The maximum absolute atomic E-state index is 15.2. The van der Waals surface area contributed by atoms with Crippen molar-refractivity contribution in [3.63, 3.8) is 0 Å². The third kappa shape index (κ3) is 3.86. The number of ether oxygens (including phenoxy) is 1. The molecule has 0 fully saturated rings. The zero-order valence-corrected chi connectivity index (χ0v) is 19.0. The van der Waals surface area contributed by atoms with E-state index in [2.05, 4.69) is 25.7 Å². The topological polar surface area (TPSA) is 44.1 Å². The number of carbonyl (C=O) groups is 1. The van der Waals surface area contributed by atoms with Gasteiger partial charge in [0.05, 0.1) is 19.1 Å². The molecule has 0 aliphatic carbocycles. The van der Waals surface area contributed by atoms with E-state index in [1.807, 2.05) is 95.6 Å². The van der Waals surface area contributed by atoms with Crippen molar-refractivity contribution in [1.29, 1.82) is 0 Å². The highest BCUT2D eigenvalue weighted by atomic mass is 79.9. The Kier molecular flexibility index (Phi) is 6.51. The molecule has 1 heterocycles. The van der Waals surface area contributed by atoms with Gasteiger partial charge in [0, 0.05) is 6.20 Å². The quantitative estimate of drug-likeness (QED) is 0.189. The van der Waals surface area contributed by atoms with Gasteiger partial charge in [0.1, 0.15) is 10.4 Å². The van der Waals surface area contributed by atoms with Crippen LogP contribution < -0.4 is 0 Å². The number of methoxy groups -OCH3 is 1. The highest BCUT2D eigenvalue weighted by molar-refractivity contribution is 9.10. The van der Waals surface area contributed by atoms with Crippen LogP contribution >= 0.6 is 15.9 Å². The Morgan fingerprint density at radius 3 is 1.75 bits per heavy atom. The molecule has 2 unspecified atom stereocenters. The average molecular weight is 493 g/mol. The number of rotatable bonds is 7. The van der Waals surface area contributed by atoms with Crippen LogP contribution in [-0.2, 0) is 15.1 Å². The molecule has 0 bridgehead atoms. The van der Waals surface area contributed by atoms with Crippen LogP contribution in [0.1, 0.15) is 28.6 Å². The summed E-state index contributed by atoms with van der Waals surface area (Å²) in [5.41, 5.74) is 2.35. The summed E-state index contributed by atoms with van der Waals surface area (Å²) in [6.07, 6.45) is 1.62. The minimum absolute atomic E-state index is 0.143. The second-order valence-electron chi connectivity index (χ2n) is 7.34. The second kappa shape index (κ2) is 9.49. The number of imidazole rings is 1. The molecule has 32 heavy (non-hydrogen) atoms. The molecule has 1 aromatic heterocycles. The number of nitrogens with zero attached hydrogens (tertiary/aromatic N) is 2. The standard InChI is InChI=1S/C26H22BrFN2O2/c1-32-25(31)23(27)24(28)22-17-30(18-29-22)26(19-11-5-2-6-12-19,20-13-7-3-8-14-20)21-15-9-4-10-16-21/h2-18,23-24H,1H3. The summed E-state index contributed by atoms with van der Waals surface area (Å²) in [5.74, 6) is -0.688. The summed E-state index contributed by atoms with van der Waals surface area (Å²) >= 11 is 3.10. The fourth-order valence-electron chi connectivity index (χ4n) is 4.03. The van der Waals surface area contributed by atoms with Crippen molar-refractivity contribution in [3.8, 4) is 0 Å². The lowest BCUT2D eigenvalue weighted by molar-refractivity contribution is -0.141. The molecule has 0 aliphatic rings. The van der Waals surface area contributed by atoms with Crippen LogP contribution in [0.15, 0.2) is 104 Å². The minimum atomic E-state index is -1.66. The summed E-state index contributed by atoms with van der Waals surface area (Å²) in [7, 11) is 1.23. The van der Waals surface area contributed by atoms with Crippen LogP contribution in [0.3, 0.4) is 0 Å². The van der Waals surface area contributed by atoms with Crippen LogP contribution in [-0.4, -0.2) is 27.5 Å². The van der Waals surface area contributed by atoms with Gasteiger partial charge in [-0.15, -0.1) is 0 Å². The zero-order valence-electron chi connectivity index (χ0n) is 17.4. The van der Waals surface area contributed by atoms with E-state index in [0.29, 0.717) is 0 Å². The highest BCUT2D eigenvalue weighted by Gasteiger charge is 2.39. The van der Waals surface area contributed by atoms with Crippen molar-refractivity contribution < 1.29 is 13.9 Å². The molecular formula is C26H22BrFN2O2. The fourth-order valence-corrected chi connectivity index (χ4v) is 4.49. The first kappa shape index (κ1) is 22.0. The molecule has 0 radical (unpaired) electrons. The van der Waals surface area contributed by atoms with Crippen LogP contribution in [0.2, 0.25) is 0 Å². The lowest BCUT2D eigenvalue weighted by atomic mass is 9.77. The van der Waals surface area contributed by atoms with E-state index in [-0.39, 0.29) is 5.69 Å². The third-order valence-corrected chi connectivity index (χ3v) is 6.37. The Hall–Kier alpha value is -3.25. The van der Waals surface area contributed by atoms with Crippen LogP contribution in [0, 0.1) is 0 Å². The maximum Gasteiger partial charge on any atom is 0.322 e. The Balaban J connectivity index is 1.96. The molecule has 2 atom stereocenters. The lowest BCUT2D eigenvalue weighted by Gasteiger charge is -2.37. The van der Waals surface area contributed by atoms with Gasteiger partial charge in [0.2, 0.25) is 0 Å². The van der Waals surface area contributed by atoms with Crippen LogP contribution in [0.4, 0.5) is 4.39 Å². The molecular weight excluding hydrogens is 471 g/mol. The van der Waals surface area contributed by atoms with Crippen molar-refractivity contribution in [1.82, 2.24) is 9.55 Å². The van der Waals surface area contributed by atoms with Gasteiger partial charge >= 0.3 is 5.97 Å². The normalized spacial score (nSPS) is 13.3. The Morgan fingerprint density at radius 2 is 1.34 bits per heavy atom. The van der Waals surface area contributed by atoms with E-state index in [1.54, 1.807) is 12.5 Å². The molecule has 4 aromatic rings. The summed E-state index contributed by atoms with van der Waals surface area (Å²) in [6.45, 7) is 0. The van der Waals surface area contributed by atoms with E-state index in [1.165, 1.54) is 7.11 Å². The van der Waals surface area contributed by atoms with Crippen molar-refractivity contribution in [2.45, 2.75) is 16.5 Å². The number of alkyl halides is 2. The number of carbonyl (C=O) groups excluding carboxylic acids is 1. The molecule has 0 saturated heterocycles. The van der Waals surface area contributed by atoms with Crippen molar-refractivity contribution in [2.75, 3.05) is 7.11 Å². The maximum atomic E-state index is 15.2. The molecule has 0 saturated carbocycles. The smallest absolute Gasteiger partial charge is 0.322 e. The molecule has 4 rings (SSSR count). The first-order valence-corrected chi connectivity index (χ1v) is 11.1. The highest BCUT2D eigenvalue weighted by Crippen LogP contribution is 2.41. The SMILES string of the molecule is COC(=O)C(Br)C(F)c1cn(C(c2ccccc2)(c2ccccc2)c2ccccc2)cn1. The minimum Gasteiger partial charge on any atom is -0.468 e. The summed E-state index contributed by atoms with van der Waals surface area (Å²) in [5, 5.41) is 0. The number of hydrogen-bond donors (Lipinski definition) is 0. The third-order valence-electron chi connectivity index (χ3n) is 5.53. The number of esters is 1. The Bertz CT molecular complexity index is 1070. The van der Waals surface area contributed by atoms with E-state index < -0.39 is 22.5 Å². The summed E-state index contributed by atoms with van der Waals surface area (Å²) in [6, 6.07) is 30.1. The first-order chi connectivity index (χ1) is 15.6. The molecule has 3 aromatic carbocycles. The molecule has 0 amide bonds.